The number of phenolic OH excluding ortho intramolecular Hbond substituents is 1. The molecule has 2 amide bonds. The highest BCUT2D eigenvalue weighted by Crippen LogP contribution is 2.42. The number of fused-ring (bicyclic) bond motifs is 1. The number of thioether (sulfide) groups is 1. The largest absolute Gasteiger partial charge is 0.506 e. The summed E-state index contributed by atoms with van der Waals surface area (Å²) in [6, 6.07) is 18.0. The first-order valence-electron chi connectivity index (χ1n) is 10.7. The van der Waals surface area contributed by atoms with Crippen molar-refractivity contribution in [2.75, 3.05) is 0 Å². The quantitative estimate of drug-likeness (QED) is 0.229. The number of aromatic nitrogens is 1. The number of phenols is 1. The molecule has 1 aliphatic heterocycles. The van der Waals surface area contributed by atoms with E-state index in [1.807, 2.05) is 56.3 Å². The summed E-state index contributed by atoms with van der Waals surface area (Å²) in [6.07, 6.45) is 1.51. The van der Waals surface area contributed by atoms with Gasteiger partial charge in [-0.1, -0.05) is 30.3 Å². The van der Waals surface area contributed by atoms with Gasteiger partial charge in [0.2, 0.25) is 5.88 Å². The molecule has 3 aromatic carbocycles. The number of benzene rings is 3. The average molecular weight is 485 g/mol. The molecule has 0 atom stereocenters. The number of aryl methyl sites for hydroxylation is 2. The molecule has 4 aromatic rings. The minimum atomic E-state index is -0.473. The van der Waals surface area contributed by atoms with Crippen LogP contribution in [-0.4, -0.2) is 25.9 Å². The zero-order valence-corrected chi connectivity index (χ0v) is 19.6. The molecule has 1 aromatic heterocycles. The lowest BCUT2D eigenvalue weighted by Crippen LogP contribution is -2.17. The van der Waals surface area contributed by atoms with Gasteiger partial charge >= 0.3 is 0 Å². The Morgan fingerprint density at radius 1 is 0.943 bits per heavy atom. The van der Waals surface area contributed by atoms with E-state index in [4.69, 9.17) is 0 Å². The Morgan fingerprint density at radius 2 is 1.74 bits per heavy atom. The number of nitrogens with zero attached hydrogens (tertiary/aromatic N) is 3. The minimum absolute atomic E-state index is 0.0621. The number of nitrogens with one attached hydrogen (secondary N) is 1. The number of carbonyl (C=O) groups excluding carboxylic acids is 2. The maximum absolute atomic E-state index is 11.7. The van der Waals surface area contributed by atoms with Gasteiger partial charge in [-0.25, -0.2) is 0 Å². The molecule has 0 saturated carbocycles. The third-order valence-electron chi connectivity index (χ3n) is 5.77. The zero-order chi connectivity index (χ0) is 24.7. The standard InChI is InChI=1S/C26H20N4O4S/c1-14-7-9-17(11-15(14)2)30-20-6-4-3-5-18(20)23(25(30)33)29-28-19-10-8-16(12-21(19)31)13-22-24(32)27-26(34)35-22/h3-13,31,33H,1-2H3,(H,27,32,34). The Hall–Kier alpha value is -4.37. The van der Waals surface area contributed by atoms with E-state index in [1.54, 1.807) is 16.7 Å². The molecular formula is C26H20N4O4S. The van der Waals surface area contributed by atoms with Crippen LogP contribution < -0.4 is 5.32 Å². The molecule has 1 fully saturated rings. The van der Waals surface area contributed by atoms with Crippen LogP contribution in [0.3, 0.4) is 0 Å². The molecule has 8 nitrogen and oxygen atoms in total. The van der Waals surface area contributed by atoms with Crippen LogP contribution >= 0.6 is 11.8 Å². The van der Waals surface area contributed by atoms with Crippen molar-refractivity contribution in [2.45, 2.75) is 13.8 Å². The number of aromatic hydroxyl groups is 2. The van der Waals surface area contributed by atoms with Gasteiger partial charge in [0.05, 0.1) is 10.4 Å². The molecule has 0 bridgehead atoms. The fourth-order valence-electron chi connectivity index (χ4n) is 3.83. The number of carbonyl (C=O) groups is 2. The van der Waals surface area contributed by atoms with Crippen molar-refractivity contribution in [1.29, 1.82) is 0 Å². The van der Waals surface area contributed by atoms with Crippen LogP contribution in [0.4, 0.5) is 16.2 Å². The van der Waals surface area contributed by atoms with Gasteiger partial charge in [-0.05, 0) is 78.7 Å². The highest BCUT2D eigenvalue weighted by atomic mass is 32.2. The SMILES string of the molecule is Cc1ccc(-n2c(O)c(N=Nc3ccc(C=C4SC(=O)NC4=O)cc3O)c3ccccc32)cc1C. The molecule has 3 N–H and O–H groups in total. The summed E-state index contributed by atoms with van der Waals surface area (Å²) in [5.41, 5.74) is 4.82. The van der Waals surface area contributed by atoms with Gasteiger partial charge in [-0.2, -0.15) is 0 Å². The van der Waals surface area contributed by atoms with Crippen molar-refractivity contribution in [3.8, 4) is 17.3 Å². The fourth-order valence-corrected chi connectivity index (χ4v) is 4.51. The van der Waals surface area contributed by atoms with Gasteiger partial charge in [-0.15, -0.1) is 10.2 Å². The van der Waals surface area contributed by atoms with E-state index in [0.29, 0.717) is 10.9 Å². The maximum atomic E-state index is 11.7. The highest BCUT2D eigenvalue weighted by molar-refractivity contribution is 8.18. The summed E-state index contributed by atoms with van der Waals surface area (Å²) in [7, 11) is 0. The van der Waals surface area contributed by atoms with Crippen molar-refractivity contribution >= 4 is 51.3 Å². The third kappa shape index (κ3) is 4.17. The predicted octanol–water partition coefficient (Wildman–Crippen LogP) is 6.40. The summed E-state index contributed by atoms with van der Waals surface area (Å²) in [5.74, 6) is -0.693. The number of rotatable bonds is 4. The molecule has 2 heterocycles. The Kier molecular flexibility index (Phi) is 5.62. The van der Waals surface area contributed by atoms with Crippen LogP contribution in [0, 0.1) is 13.8 Å². The normalized spacial score (nSPS) is 15.0. The summed E-state index contributed by atoms with van der Waals surface area (Å²) in [5, 5.41) is 32.5. The second-order valence-electron chi connectivity index (χ2n) is 8.09. The fraction of sp³-hybridized carbons (Fsp3) is 0.0769. The Bertz CT molecular complexity index is 1590. The summed E-state index contributed by atoms with van der Waals surface area (Å²) in [4.78, 5) is 23.3. The van der Waals surface area contributed by atoms with Gasteiger partial charge in [0.25, 0.3) is 11.1 Å². The van der Waals surface area contributed by atoms with Crippen molar-refractivity contribution in [1.82, 2.24) is 9.88 Å². The number of amides is 2. The lowest BCUT2D eigenvalue weighted by molar-refractivity contribution is -0.115. The van der Waals surface area contributed by atoms with Crippen LogP contribution in [0.15, 0.2) is 75.8 Å². The lowest BCUT2D eigenvalue weighted by atomic mass is 10.1. The number of azo groups is 1. The van der Waals surface area contributed by atoms with Crippen molar-refractivity contribution < 1.29 is 19.8 Å². The maximum Gasteiger partial charge on any atom is 0.290 e. The highest BCUT2D eigenvalue weighted by Gasteiger charge is 2.25. The van der Waals surface area contributed by atoms with E-state index in [0.717, 1.165) is 34.1 Å². The van der Waals surface area contributed by atoms with E-state index in [1.165, 1.54) is 12.1 Å². The summed E-state index contributed by atoms with van der Waals surface area (Å²) < 4.78 is 1.72. The van der Waals surface area contributed by atoms with Crippen molar-refractivity contribution in [3.05, 3.63) is 82.3 Å². The van der Waals surface area contributed by atoms with Crippen LogP contribution in [0.1, 0.15) is 16.7 Å². The van der Waals surface area contributed by atoms with Gasteiger partial charge in [0, 0.05) is 11.1 Å². The van der Waals surface area contributed by atoms with E-state index in [2.05, 4.69) is 15.5 Å². The van der Waals surface area contributed by atoms with E-state index < -0.39 is 11.1 Å². The van der Waals surface area contributed by atoms with Crippen LogP contribution in [0.5, 0.6) is 11.6 Å². The monoisotopic (exact) mass is 484 g/mol. The van der Waals surface area contributed by atoms with Crippen molar-refractivity contribution in [2.24, 2.45) is 10.2 Å². The Morgan fingerprint density at radius 3 is 2.46 bits per heavy atom. The number of hydrogen-bond acceptors (Lipinski definition) is 7. The first-order valence-corrected chi connectivity index (χ1v) is 11.5. The van der Waals surface area contributed by atoms with Crippen molar-refractivity contribution in [3.63, 3.8) is 0 Å². The molecule has 35 heavy (non-hydrogen) atoms. The molecule has 1 aliphatic rings. The van der Waals surface area contributed by atoms with Gasteiger partial charge in [0.15, 0.2) is 5.69 Å². The number of para-hydroxylation sites is 1. The molecule has 5 rings (SSSR count). The van der Waals surface area contributed by atoms with Gasteiger partial charge < -0.3 is 10.2 Å². The first-order chi connectivity index (χ1) is 16.8. The molecule has 0 aliphatic carbocycles. The molecular weight excluding hydrogens is 464 g/mol. The third-order valence-corrected chi connectivity index (χ3v) is 6.58. The zero-order valence-electron chi connectivity index (χ0n) is 18.8. The molecule has 0 spiro atoms. The minimum Gasteiger partial charge on any atom is -0.506 e. The molecule has 9 heteroatoms. The van der Waals surface area contributed by atoms with Crippen LogP contribution in [-0.2, 0) is 4.79 Å². The number of imide groups is 1. The number of hydrogen-bond donors (Lipinski definition) is 3. The topological polar surface area (TPSA) is 116 Å². The molecule has 174 valence electrons. The molecule has 0 radical (unpaired) electrons. The summed E-state index contributed by atoms with van der Waals surface area (Å²) >= 11 is 0.799. The predicted molar refractivity (Wildman–Crippen MR) is 136 cm³/mol. The van der Waals surface area contributed by atoms with Gasteiger partial charge in [-0.3, -0.25) is 19.5 Å². The Labute approximate surface area is 204 Å². The lowest BCUT2D eigenvalue weighted by Gasteiger charge is -2.09. The molecule has 1 saturated heterocycles. The van der Waals surface area contributed by atoms with Gasteiger partial charge in [0.1, 0.15) is 11.4 Å². The van der Waals surface area contributed by atoms with Crippen LogP contribution in [0.2, 0.25) is 0 Å². The molecule has 0 unspecified atom stereocenters. The Balaban J connectivity index is 1.52. The summed E-state index contributed by atoms with van der Waals surface area (Å²) in [6.45, 7) is 4.04. The second kappa shape index (κ2) is 8.77. The van der Waals surface area contributed by atoms with Crippen LogP contribution in [0.25, 0.3) is 22.7 Å². The van der Waals surface area contributed by atoms with E-state index >= 15 is 0 Å². The smallest absolute Gasteiger partial charge is 0.290 e. The van der Waals surface area contributed by atoms with E-state index in [9.17, 15) is 19.8 Å². The first kappa shape index (κ1) is 22.4. The van der Waals surface area contributed by atoms with E-state index in [-0.39, 0.29) is 27.9 Å². The second-order valence-corrected chi connectivity index (χ2v) is 9.11. The average Bonchev–Trinajstić information content (AvgIpc) is 3.29.